The molecule has 0 spiro atoms. The molecular formula is C33H26NOU-. The number of nitrogens with zero attached hydrogens (tertiary/aromatic N) is 1. The van der Waals surface area contributed by atoms with Crippen LogP contribution in [0.2, 0.25) is 0 Å². The van der Waals surface area contributed by atoms with Crippen molar-refractivity contribution in [2.45, 2.75) is 19.3 Å². The minimum atomic E-state index is -0.0293. The first-order valence-corrected chi connectivity index (χ1v) is 11.9. The summed E-state index contributed by atoms with van der Waals surface area (Å²) in [6, 6.07) is 31.4. The Bertz CT molecular complexity index is 1530. The minimum Gasteiger partial charge on any atom is -0.658 e. The molecule has 174 valence electrons. The summed E-state index contributed by atoms with van der Waals surface area (Å²) in [4.78, 5) is 0. The van der Waals surface area contributed by atoms with Crippen molar-refractivity contribution in [3.05, 3.63) is 143 Å². The van der Waals surface area contributed by atoms with Crippen LogP contribution in [0.15, 0.2) is 116 Å². The van der Waals surface area contributed by atoms with Gasteiger partial charge in [0.2, 0.25) is 0 Å². The van der Waals surface area contributed by atoms with Crippen molar-refractivity contribution in [3.8, 4) is 16.9 Å². The average Bonchev–Trinajstić information content (AvgIpc) is 3.09. The van der Waals surface area contributed by atoms with Crippen LogP contribution in [0.3, 0.4) is 0 Å². The Morgan fingerprint density at radius 1 is 0.722 bits per heavy atom. The molecule has 4 aromatic carbocycles. The maximum absolute atomic E-state index is 6.27. The zero-order valence-electron chi connectivity index (χ0n) is 20.5. The molecule has 1 aliphatic carbocycles. The summed E-state index contributed by atoms with van der Waals surface area (Å²) in [6.45, 7) is 8.73. The number of fused-ring (bicyclic) bond motifs is 4. The topological polar surface area (TPSA) is 23.3 Å². The van der Waals surface area contributed by atoms with Gasteiger partial charge in [0.05, 0.1) is 0 Å². The van der Waals surface area contributed by atoms with Gasteiger partial charge >= 0.3 is 0 Å². The van der Waals surface area contributed by atoms with E-state index >= 15 is 0 Å². The van der Waals surface area contributed by atoms with Crippen LogP contribution >= 0.6 is 0 Å². The number of hydrogen-bond donors (Lipinski definition) is 0. The van der Waals surface area contributed by atoms with Crippen molar-refractivity contribution < 1.29 is 35.9 Å². The van der Waals surface area contributed by atoms with Crippen molar-refractivity contribution in [2.24, 2.45) is 0 Å². The van der Waals surface area contributed by atoms with E-state index in [0.29, 0.717) is 0 Å². The van der Waals surface area contributed by atoms with E-state index < -0.39 is 0 Å². The molecule has 3 heteroatoms. The second kappa shape index (κ2) is 9.66. The standard InChI is InChI=1S/C33H26NO.U/c1-22-9-8-14-31(35-32-13-7-5-10-26(22)32)23-15-17-24(18-16-23)34-25-19-20-28-27-11-4-6-12-29(27)33(2,3)30(28)21-25;/h4-21H,1H2,2-3H3;/q-1;/b9-8-,31-14-;. The van der Waals surface area contributed by atoms with E-state index in [1.165, 1.54) is 22.3 Å². The van der Waals surface area contributed by atoms with Gasteiger partial charge < -0.3 is 10.1 Å². The number of benzene rings is 4. The number of ether oxygens (including phenoxy) is 1. The normalized spacial score (nSPS) is 17.1. The van der Waals surface area contributed by atoms with Crippen LogP contribution in [0, 0.1) is 31.1 Å². The molecule has 0 fully saturated rings. The van der Waals surface area contributed by atoms with E-state index in [0.717, 1.165) is 39.6 Å². The predicted octanol–water partition coefficient (Wildman–Crippen LogP) is 9.33. The maximum atomic E-state index is 6.27. The number of allylic oxidation sites excluding steroid dienone is 4. The SMILES string of the molecule is C=C1/C=C\C=C(\c2ccc([N-]c3ccc4c(c3)C(C)(C)c3ccccc3-4)cc2)Oc2ccccc21.[U]. The van der Waals surface area contributed by atoms with Gasteiger partial charge in [-0.1, -0.05) is 118 Å². The molecule has 0 aromatic heterocycles. The summed E-state index contributed by atoms with van der Waals surface area (Å²) in [5.74, 6) is 1.61. The minimum absolute atomic E-state index is 0. The molecule has 1 aliphatic heterocycles. The van der Waals surface area contributed by atoms with Gasteiger partial charge in [-0.25, -0.2) is 0 Å². The van der Waals surface area contributed by atoms with Gasteiger partial charge in [0.1, 0.15) is 11.5 Å². The van der Waals surface area contributed by atoms with Gasteiger partial charge in [-0.15, -0.1) is 11.4 Å². The maximum Gasteiger partial charge on any atom is 0.135 e. The predicted molar refractivity (Wildman–Crippen MR) is 146 cm³/mol. The van der Waals surface area contributed by atoms with Crippen molar-refractivity contribution in [2.75, 3.05) is 0 Å². The largest absolute Gasteiger partial charge is 0.658 e. The summed E-state index contributed by atoms with van der Waals surface area (Å²) in [5.41, 5.74) is 10.1. The Labute approximate surface area is 236 Å². The average molecular weight is 691 g/mol. The molecule has 0 bridgehead atoms. The summed E-state index contributed by atoms with van der Waals surface area (Å²) < 4.78 is 6.27. The first-order chi connectivity index (χ1) is 17.0. The van der Waals surface area contributed by atoms with Gasteiger partial charge in [0, 0.05) is 47.7 Å². The van der Waals surface area contributed by atoms with E-state index in [1.54, 1.807) is 0 Å². The third-order valence-electron chi connectivity index (χ3n) is 6.98. The first kappa shape index (κ1) is 24.4. The molecule has 4 aromatic rings. The summed E-state index contributed by atoms with van der Waals surface area (Å²) >= 11 is 0. The Balaban J connectivity index is 0.00000267. The van der Waals surface area contributed by atoms with Gasteiger partial charge in [-0.3, -0.25) is 0 Å². The molecule has 0 unspecified atom stereocenters. The monoisotopic (exact) mass is 690 g/mol. The molecule has 36 heavy (non-hydrogen) atoms. The van der Waals surface area contributed by atoms with Crippen molar-refractivity contribution in [1.29, 1.82) is 0 Å². The molecule has 6 rings (SSSR count). The quantitative estimate of drug-likeness (QED) is 0.210. The Hall–Kier alpha value is -3.25. The van der Waals surface area contributed by atoms with Gasteiger partial charge in [0.25, 0.3) is 0 Å². The smallest absolute Gasteiger partial charge is 0.135 e. The van der Waals surface area contributed by atoms with E-state index in [4.69, 9.17) is 10.1 Å². The number of rotatable bonds is 3. The molecule has 0 N–H and O–H groups in total. The summed E-state index contributed by atoms with van der Waals surface area (Å²) in [6.07, 6.45) is 5.97. The van der Waals surface area contributed by atoms with E-state index in [-0.39, 0.29) is 36.5 Å². The van der Waals surface area contributed by atoms with Crippen LogP contribution in [-0.2, 0) is 5.41 Å². The van der Waals surface area contributed by atoms with Crippen LogP contribution in [0.5, 0.6) is 5.75 Å². The molecule has 1 heterocycles. The zero-order chi connectivity index (χ0) is 24.0. The molecule has 0 radical (unpaired) electrons. The second-order valence-corrected chi connectivity index (χ2v) is 9.57. The molecule has 0 saturated carbocycles. The molecule has 0 amide bonds. The van der Waals surface area contributed by atoms with Gasteiger partial charge in [-0.05, 0) is 40.0 Å². The fourth-order valence-corrected chi connectivity index (χ4v) is 5.08. The molecular weight excluding hydrogens is 664 g/mol. The molecule has 2 aliphatic rings. The summed E-state index contributed by atoms with van der Waals surface area (Å²) in [7, 11) is 0. The number of hydrogen-bond acceptors (Lipinski definition) is 1. The van der Waals surface area contributed by atoms with Crippen molar-refractivity contribution in [1.82, 2.24) is 0 Å². The Morgan fingerprint density at radius 2 is 1.39 bits per heavy atom. The molecule has 2 nitrogen and oxygen atoms in total. The number of para-hydroxylation sites is 1. The van der Waals surface area contributed by atoms with Crippen molar-refractivity contribution >= 4 is 22.7 Å². The zero-order valence-corrected chi connectivity index (χ0v) is 24.6. The molecule has 0 atom stereocenters. The first-order valence-electron chi connectivity index (χ1n) is 11.9. The van der Waals surface area contributed by atoms with Gasteiger partial charge in [0.15, 0.2) is 0 Å². The summed E-state index contributed by atoms with van der Waals surface area (Å²) in [5, 5.41) is 4.93. The second-order valence-electron chi connectivity index (χ2n) is 9.57. The van der Waals surface area contributed by atoms with Crippen LogP contribution in [0.25, 0.3) is 27.8 Å². The third kappa shape index (κ3) is 4.28. The molecule has 0 saturated heterocycles. The Morgan fingerprint density at radius 3 is 2.19 bits per heavy atom. The van der Waals surface area contributed by atoms with E-state index in [1.807, 2.05) is 54.6 Å². The third-order valence-corrected chi connectivity index (χ3v) is 6.98. The van der Waals surface area contributed by atoms with Crippen LogP contribution in [0.1, 0.15) is 36.1 Å². The van der Waals surface area contributed by atoms with Gasteiger partial charge in [-0.2, -0.15) is 0 Å². The Kier molecular flexibility index (Phi) is 6.56. The van der Waals surface area contributed by atoms with Crippen LogP contribution in [0.4, 0.5) is 11.4 Å². The van der Waals surface area contributed by atoms with Crippen molar-refractivity contribution in [3.63, 3.8) is 0 Å². The van der Waals surface area contributed by atoms with E-state index in [2.05, 4.69) is 75.0 Å². The fourth-order valence-electron chi connectivity index (χ4n) is 5.08. The van der Waals surface area contributed by atoms with E-state index in [9.17, 15) is 0 Å². The fraction of sp³-hybridized carbons (Fsp3) is 0.0909. The van der Waals surface area contributed by atoms with Crippen LogP contribution < -0.4 is 4.74 Å². The van der Waals surface area contributed by atoms with Crippen LogP contribution in [-0.4, -0.2) is 0 Å².